The van der Waals surface area contributed by atoms with Gasteiger partial charge in [-0.05, 0) is 54.6 Å². The SMILES string of the molecule is Nc1cccc(-c2ccccc2-n2c3ccccc3c3ccc4oc5ccccc5c4c32)c1-n1c2ccccc2c2ccc3c4ccccc4oc3c21. The van der Waals surface area contributed by atoms with E-state index in [1.165, 1.54) is 10.8 Å². The number of nitrogen functional groups attached to an aromatic ring is 1. The molecule has 4 heterocycles. The number of nitrogens with zero attached hydrogens (tertiary/aromatic N) is 2. The Balaban J connectivity index is 1.23. The van der Waals surface area contributed by atoms with Crippen LogP contribution in [0.3, 0.4) is 0 Å². The van der Waals surface area contributed by atoms with Gasteiger partial charge in [-0.15, -0.1) is 0 Å². The average Bonchev–Trinajstić information content (AvgIpc) is 3.95. The molecule has 0 atom stereocenters. The molecule has 5 nitrogen and oxygen atoms in total. The Labute approximate surface area is 302 Å². The Morgan fingerprint density at radius 1 is 0.377 bits per heavy atom. The minimum Gasteiger partial charge on any atom is -0.456 e. The Hall–Kier alpha value is -7.24. The van der Waals surface area contributed by atoms with E-state index in [9.17, 15) is 0 Å². The van der Waals surface area contributed by atoms with E-state index in [0.717, 1.165) is 99.2 Å². The van der Waals surface area contributed by atoms with Gasteiger partial charge in [0.2, 0.25) is 0 Å². The molecule has 0 fully saturated rings. The van der Waals surface area contributed by atoms with Crippen molar-refractivity contribution in [2.75, 3.05) is 5.73 Å². The molecule has 4 aromatic heterocycles. The molecule has 53 heavy (non-hydrogen) atoms. The Morgan fingerprint density at radius 2 is 0.962 bits per heavy atom. The molecule has 0 unspecified atom stereocenters. The monoisotopic (exact) mass is 679 g/mol. The zero-order valence-corrected chi connectivity index (χ0v) is 28.4. The van der Waals surface area contributed by atoms with Gasteiger partial charge in [-0.1, -0.05) is 109 Å². The van der Waals surface area contributed by atoms with Crippen LogP contribution in [0.25, 0.3) is 110 Å². The second kappa shape index (κ2) is 10.4. The smallest absolute Gasteiger partial charge is 0.160 e. The first-order valence-corrected chi connectivity index (χ1v) is 17.9. The van der Waals surface area contributed by atoms with Crippen molar-refractivity contribution in [3.8, 4) is 22.5 Å². The van der Waals surface area contributed by atoms with Gasteiger partial charge >= 0.3 is 0 Å². The fourth-order valence-electron chi connectivity index (χ4n) is 8.90. The van der Waals surface area contributed by atoms with Gasteiger partial charge in [0.1, 0.15) is 16.7 Å². The Bertz CT molecular complexity index is 3480. The summed E-state index contributed by atoms with van der Waals surface area (Å²) in [6.07, 6.45) is 0. The molecule has 0 aliphatic rings. The highest BCUT2D eigenvalue weighted by Crippen LogP contribution is 2.46. The van der Waals surface area contributed by atoms with Crippen molar-refractivity contribution in [1.82, 2.24) is 9.13 Å². The minimum absolute atomic E-state index is 0.679. The summed E-state index contributed by atoms with van der Waals surface area (Å²) in [5.41, 5.74) is 19.6. The summed E-state index contributed by atoms with van der Waals surface area (Å²) in [5.74, 6) is 0. The van der Waals surface area contributed by atoms with Crippen LogP contribution in [-0.2, 0) is 0 Å². The normalized spacial score (nSPS) is 12.2. The van der Waals surface area contributed by atoms with Crippen molar-refractivity contribution in [1.29, 1.82) is 0 Å². The topological polar surface area (TPSA) is 62.2 Å². The highest BCUT2D eigenvalue weighted by Gasteiger charge is 2.25. The summed E-state index contributed by atoms with van der Waals surface area (Å²) in [4.78, 5) is 0. The highest BCUT2D eigenvalue weighted by molar-refractivity contribution is 6.25. The van der Waals surface area contributed by atoms with Crippen LogP contribution in [0, 0.1) is 0 Å². The lowest BCUT2D eigenvalue weighted by Gasteiger charge is -2.20. The van der Waals surface area contributed by atoms with Crippen LogP contribution in [0.15, 0.2) is 173 Å². The van der Waals surface area contributed by atoms with Crippen LogP contribution < -0.4 is 5.73 Å². The van der Waals surface area contributed by atoms with Gasteiger partial charge in [-0.25, -0.2) is 0 Å². The molecule has 2 N–H and O–H groups in total. The van der Waals surface area contributed by atoms with Gasteiger partial charge in [0, 0.05) is 48.8 Å². The van der Waals surface area contributed by atoms with Crippen LogP contribution in [0.4, 0.5) is 5.69 Å². The van der Waals surface area contributed by atoms with Crippen molar-refractivity contribution < 1.29 is 8.83 Å². The third-order valence-corrected chi connectivity index (χ3v) is 11.1. The first-order valence-electron chi connectivity index (χ1n) is 17.9. The molecule has 248 valence electrons. The molecule has 5 heteroatoms. The van der Waals surface area contributed by atoms with Crippen molar-refractivity contribution >= 4 is 93.2 Å². The Kier molecular flexibility index (Phi) is 5.59. The summed E-state index contributed by atoms with van der Waals surface area (Å²) >= 11 is 0. The zero-order chi connectivity index (χ0) is 34.8. The molecule has 0 aliphatic carbocycles. The van der Waals surface area contributed by atoms with Crippen LogP contribution >= 0.6 is 0 Å². The molecule has 0 spiro atoms. The maximum atomic E-state index is 7.15. The molecule has 0 radical (unpaired) electrons. The Morgan fingerprint density at radius 3 is 1.77 bits per heavy atom. The average molecular weight is 680 g/mol. The van der Waals surface area contributed by atoms with Gasteiger partial charge in [-0.3, -0.25) is 0 Å². The molecular weight excluding hydrogens is 651 g/mol. The summed E-state index contributed by atoms with van der Waals surface area (Å²) in [6, 6.07) is 57.5. The molecule has 12 rings (SSSR count). The number of rotatable bonds is 3. The van der Waals surface area contributed by atoms with E-state index in [0.29, 0.717) is 5.69 Å². The zero-order valence-electron chi connectivity index (χ0n) is 28.4. The van der Waals surface area contributed by atoms with Crippen LogP contribution in [-0.4, -0.2) is 9.13 Å². The standard InChI is InChI=1S/C48H29N3O2/c49-37-18-11-17-32(45(37)51-40-21-8-3-14-30(40)34-24-25-35-31-15-4-9-22-41(31)53-48(35)47(34)51)28-12-1-6-19-38(28)50-39-20-7-2-13-29(39)33-26-27-43-44(46(33)50)36-16-5-10-23-42(36)52-43/h1-27H,49H2. The molecule has 0 amide bonds. The van der Waals surface area contributed by atoms with Crippen LogP contribution in [0.2, 0.25) is 0 Å². The summed E-state index contributed by atoms with van der Waals surface area (Å²) in [7, 11) is 0. The van der Waals surface area contributed by atoms with Gasteiger partial charge in [0.05, 0.1) is 44.5 Å². The second-order valence-electron chi connectivity index (χ2n) is 13.8. The number of anilines is 1. The van der Waals surface area contributed by atoms with E-state index >= 15 is 0 Å². The lowest BCUT2D eigenvalue weighted by Crippen LogP contribution is -2.04. The number of hydrogen-bond acceptors (Lipinski definition) is 3. The number of furan rings is 2. The predicted octanol–water partition coefficient (Wildman–Crippen LogP) is 12.9. The number of fused-ring (bicyclic) bond motifs is 14. The number of hydrogen-bond donors (Lipinski definition) is 1. The van der Waals surface area contributed by atoms with Gasteiger partial charge < -0.3 is 23.7 Å². The molecule has 0 saturated heterocycles. The van der Waals surface area contributed by atoms with Gasteiger partial charge in [-0.2, -0.15) is 0 Å². The minimum atomic E-state index is 0.679. The van der Waals surface area contributed by atoms with Crippen molar-refractivity contribution in [2.24, 2.45) is 0 Å². The van der Waals surface area contributed by atoms with Gasteiger partial charge in [0.15, 0.2) is 5.58 Å². The highest BCUT2D eigenvalue weighted by atomic mass is 16.3. The fourth-order valence-corrected chi connectivity index (χ4v) is 8.90. The van der Waals surface area contributed by atoms with Crippen LogP contribution in [0.5, 0.6) is 0 Å². The quantitative estimate of drug-likeness (QED) is 0.189. The largest absolute Gasteiger partial charge is 0.456 e. The summed E-state index contributed by atoms with van der Waals surface area (Å²) < 4.78 is 17.9. The molecule has 0 aliphatic heterocycles. The van der Waals surface area contributed by atoms with E-state index in [-0.39, 0.29) is 0 Å². The van der Waals surface area contributed by atoms with Crippen molar-refractivity contribution in [2.45, 2.75) is 0 Å². The number of nitrogens with two attached hydrogens (primary N) is 1. The van der Waals surface area contributed by atoms with Crippen molar-refractivity contribution in [3.05, 3.63) is 164 Å². The van der Waals surface area contributed by atoms with Crippen LogP contribution in [0.1, 0.15) is 0 Å². The first kappa shape index (κ1) is 28.5. The van der Waals surface area contributed by atoms with E-state index in [1.54, 1.807) is 0 Å². The summed E-state index contributed by atoms with van der Waals surface area (Å²) in [6.45, 7) is 0. The first-order chi connectivity index (χ1) is 26.2. The second-order valence-corrected chi connectivity index (χ2v) is 13.8. The number of aromatic nitrogens is 2. The van der Waals surface area contributed by atoms with Crippen molar-refractivity contribution in [3.63, 3.8) is 0 Å². The molecular formula is C48H29N3O2. The fraction of sp³-hybridized carbons (Fsp3) is 0. The lowest BCUT2D eigenvalue weighted by molar-refractivity contribution is 0.669. The predicted molar refractivity (Wildman–Crippen MR) is 220 cm³/mol. The van der Waals surface area contributed by atoms with E-state index < -0.39 is 0 Å². The molecule has 8 aromatic carbocycles. The third-order valence-electron chi connectivity index (χ3n) is 11.1. The molecule has 0 saturated carbocycles. The van der Waals surface area contributed by atoms with Gasteiger partial charge in [0.25, 0.3) is 0 Å². The summed E-state index contributed by atoms with van der Waals surface area (Å²) in [5, 5.41) is 9.00. The van der Waals surface area contributed by atoms with E-state index in [4.69, 9.17) is 14.6 Å². The molecule has 12 aromatic rings. The third kappa shape index (κ3) is 3.75. The number of benzene rings is 8. The van der Waals surface area contributed by atoms with E-state index in [1.807, 2.05) is 30.3 Å². The number of para-hydroxylation sites is 6. The van der Waals surface area contributed by atoms with E-state index in [2.05, 4.69) is 143 Å². The maximum absolute atomic E-state index is 7.15. The molecule has 0 bridgehead atoms. The maximum Gasteiger partial charge on any atom is 0.160 e. The lowest BCUT2D eigenvalue weighted by atomic mass is 9.99.